The topological polar surface area (TPSA) is 62.0 Å². The number of guanidine groups is 1. The summed E-state index contributed by atoms with van der Waals surface area (Å²) >= 11 is 0. The van der Waals surface area contributed by atoms with Gasteiger partial charge in [0, 0.05) is 39.1 Å². The van der Waals surface area contributed by atoms with Gasteiger partial charge in [0.15, 0.2) is 5.96 Å². The van der Waals surface area contributed by atoms with E-state index in [0.29, 0.717) is 5.41 Å². The molecule has 2 N–H and O–H groups in total. The van der Waals surface area contributed by atoms with Crippen LogP contribution in [0.4, 0.5) is 0 Å². The third kappa shape index (κ3) is 6.54. The van der Waals surface area contributed by atoms with Gasteiger partial charge in [0.1, 0.15) is 5.76 Å². The maximum absolute atomic E-state index is 5.42. The highest BCUT2D eigenvalue weighted by atomic mass is 16.5. The van der Waals surface area contributed by atoms with E-state index < -0.39 is 0 Å². The Labute approximate surface area is 163 Å². The lowest BCUT2D eigenvalue weighted by atomic mass is 9.67. The number of nitrogens with zero attached hydrogens (tertiary/aromatic N) is 2. The number of nitrogens with one attached hydrogen (secondary N) is 2. The molecule has 2 aliphatic rings. The van der Waals surface area contributed by atoms with Crippen LogP contribution in [0.25, 0.3) is 0 Å². The molecule has 6 heteroatoms. The van der Waals surface area contributed by atoms with Crippen LogP contribution >= 0.6 is 0 Å². The number of aliphatic imine (C=N–C) groups is 1. The van der Waals surface area contributed by atoms with Crippen LogP contribution in [-0.4, -0.2) is 63.3 Å². The van der Waals surface area contributed by atoms with E-state index in [-0.39, 0.29) is 0 Å². The molecule has 0 amide bonds. The summed E-state index contributed by atoms with van der Waals surface area (Å²) in [5.74, 6) is 1.96. The minimum absolute atomic E-state index is 0.448. The van der Waals surface area contributed by atoms with Crippen molar-refractivity contribution in [3.05, 3.63) is 24.2 Å². The molecule has 0 unspecified atom stereocenters. The van der Waals surface area contributed by atoms with Crippen molar-refractivity contribution >= 4 is 5.96 Å². The van der Waals surface area contributed by atoms with Crippen LogP contribution in [0.2, 0.25) is 0 Å². The van der Waals surface area contributed by atoms with E-state index >= 15 is 0 Å². The molecule has 1 saturated heterocycles. The van der Waals surface area contributed by atoms with Gasteiger partial charge in [-0.1, -0.05) is 13.3 Å². The van der Waals surface area contributed by atoms with Gasteiger partial charge in [-0.3, -0.25) is 9.89 Å². The third-order valence-corrected chi connectivity index (χ3v) is 6.03. The van der Waals surface area contributed by atoms with Crippen LogP contribution in [0.1, 0.15) is 44.8 Å². The number of ether oxygens (including phenoxy) is 1. The minimum atomic E-state index is 0.448. The molecule has 1 aliphatic carbocycles. The molecule has 3 rings (SSSR count). The van der Waals surface area contributed by atoms with Crippen molar-refractivity contribution in [3.8, 4) is 0 Å². The van der Waals surface area contributed by atoms with Crippen molar-refractivity contribution in [1.82, 2.24) is 15.5 Å². The number of morpholine rings is 1. The Morgan fingerprint density at radius 1 is 1.22 bits per heavy atom. The van der Waals surface area contributed by atoms with Crippen LogP contribution < -0.4 is 10.6 Å². The van der Waals surface area contributed by atoms with Gasteiger partial charge in [-0.25, -0.2) is 0 Å². The second kappa shape index (κ2) is 10.7. The van der Waals surface area contributed by atoms with Gasteiger partial charge >= 0.3 is 0 Å². The molecule has 2 heterocycles. The molecular formula is C21H36N4O2. The summed E-state index contributed by atoms with van der Waals surface area (Å²) in [7, 11) is 0. The second-order valence-corrected chi connectivity index (χ2v) is 7.86. The van der Waals surface area contributed by atoms with Gasteiger partial charge in [0.25, 0.3) is 0 Å². The van der Waals surface area contributed by atoms with Gasteiger partial charge < -0.3 is 19.8 Å². The standard InChI is InChI=1S/C21H36N4O2/c1-2-21(8-4-9-21)18-24-20(23-11-7-19-6-3-15-27-19)22-10-5-12-25-13-16-26-17-14-25/h3,6,15H,2,4-5,7-14,16-18H2,1H3,(H2,22,23,24). The molecule has 0 radical (unpaired) electrons. The summed E-state index contributed by atoms with van der Waals surface area (Å²) in [5, 5.41) is 7.02. The van der Waals surface area contributed by atoms with Crippen LogP contribution in [-0.2, 0) is 11.2 Å². The fourth-order valence-corrected chi connectivity index (χ4v) is 3.81. The van der Waals surface area contributed by atoms with E-state index in [4.69, 9.17) is 14.1 Å². The molecule has 0 aromatic carbocycles. The van der Waals surface area contributed by atoms with Crippen molar-refractivity contribution in [2.24, 2.45) is 10.4 Å². The summed E-state index contributed by atoms with van der Waals surface area (Å²) in [6.07, 6.45) is 8.96. The molecule has 6 nitrogen and oxygen atoms in total. The van der Waals surface area contributed by atoms with E-state index in [0.717, 1.165) is 77.0 Å². The molecule has 1 aliphatic heterocycles. The van der Waals surface area contributed by atoms with Gasteiger partial charge in [-0.2, -0.15) is 0 Å². The maximum Gasteiger partial charge on any atom is 0.191 e. The number of hydrogen-bond donors (Lipinski definition) is 2. The molecule has 1 aromatic heterocycles. The molecular weight excluding hydrogens is 340 g/mol. The summed E-state index contributed by atoms with van der Waals surface area (Å²) < 4.78 is 10.8. The van der Waals surface area contributed by atoms with Crippen molar-refractivity contribution in [3.63, 3.8) is 0 Å². The normalized spacial score (nSPS) is 20.3. The van der Waals surface area contributed by atoms with Crippen molar-refractivity contribution < 1.29 is 9.15 Å². The largest absolute Gasteiger partial charge is 0.469 e. The van der Waals surface area contributed by atoms with Gasteiger partial charge in [-0.15, -0.1) is 0 Å². The predicted octanol–water partition coefficient (Wildman–Crippen LogP) is 2.66. The predicted molar refractivity (Wildman–Crippen MR) is 109 cm³/mol. The molecule has 152 valence electrons. The molecule has 27 heavy (non-hydrogen) atoms. The van der Waals surface area contributed by atoms with Crippen molar-refractivity contribution in [2.45, 2.75) is 45.4 Å². The fraction of sp³-hybridized carbons (Fsp3) is 0.762. The summed E-state index contributed by atoms with van der Waals surface area (Å²) in [5.41, 5.74) is 0.448. The summed E-state index contributed by atoms with van der Waals surface area (Å²) in [4.78, 5) is 7.40. The highest BCUT2D eigenvalue weighted by molar-refractivity contribution is 5.79. The molecule has 1 saturated carbocycles. The first-order valence-corrected chi connectivity index (χ1v) is 10.6. The van der Waals surface area contributed by atoms with E-state index in [1.54, 1.807) is 6.26 Å². The Bertz CT molecular complexity index is 543. The molecule has 0 atom stereocenters. The number of hydrogen-bond acceptors (Lipinski definition) is 4. The highest BCUT2D eigenvalue weighted by Gasteiger charge is 2.34. The molecule has 0 bridgehead atoms. The monoisotopic (exact) mass is 376 g/mol. The lowest BCUT2D eigenvalue weighted by molar-refractivity contribution is 0.0376. The minimum Gasteiger partial charge on any atom is -0.469 e. The van der Waals surface area contributed by atoms with Crippen LogP contribution in [0.3, 0.4) is 0 Å². The van der Waals surface area contributed by atoms with Gasteiger partial charge in [0.2, 0.25) is 0 Å². The molecule has 0 spiro atoms. The van der Waals surface area contributed by atoms with E-state index in [1.165, 1.54) is 25.7 Å². The van der Waals surface area contributed by atoms with Gasteiger partial charge in [0.05, 0.1) is 19.5 Å². The third-order valence-electron chi connectivity index (χ3n) is 6.03. The smallest absolute Gasteiger partial charge is 0.191 e. The molecule has 2 fully saturated rings. The van der Waals surface area contributed by atoms with E-state index in [9.17, 15) is 0 Å². The first-order valence-electron chi connectivity index (χ1n) is 10.6. The zero-order chi connectivity index (χ0) is 18.8. The first kappa shape index (κ1) is 20.2. The van der Waals surface area contributed by atoms with Gasteiger partial charge in [-0.05, 0) is 49.8 Å². The van der Waals surface area contributed by atoms with Crippen LogP contribution in [0.15, 0.2) is 27.8 Å². The lowest BCUT2D eigenvalue weighted by Gasteiger charge is -2.40. The fourth-order valence-electron chi connectivity index (χ4n) is 3.81. The summed E-state index contributed by atoms with van der Waals surface area (Å²) in [6, 6.07) is 3.96. The average Bonchev–Trinajstić information content (AvgIpc) is 3.18. The Kier molecular flexibility index (Phi) is 8.02. The zero-order valence-electron chi connectivity index (χ0n) is 16.8. The number of rotatable bonds is 10. The first-order chi connectivity index (χ1) is 13.3. The van der Waals surface area contributed by atoms with Crippen molar-refractivity contribution in [2.75, 3.05) is 52.5 Å². The van der Waals surface area contributed by atoms with E-state index in [2.05, 4.69) is 22.5 Å². The van der Waals surface area contributed by atoms with Crippen LogP contribution in [0.5, 0.6) is 0 Å². The SMILES string of the molecule is CCC1(CN=C(NCCCN2CCOCC2)NCCc2ccco2)CCC1. The summed E-state index contributed by atoms with van der Waals surface area (Å²) in [6.45, 7) is 9.99. The Hall–Kier alpha value is -1.53. The quantitative estimate of drug-likeness (QED) is 0.373. The van der Waals surface area contributed by atoms with Crippen molar-refractivity contribution in [1.29, 1.82) is 0 Å². The Morgan fingerprint density at radius 2 is 2.04 bits per heavy atom. The molecule has 1 aromatic rings. The number of furan rings is 1. The second-order valence-electron chi connectivity index (χ2n) is 7.86. The van der Waals surface area contributed by atoms with Crippen LogP contribution in [0, 0.1) is 5.41 Å². The zero-order valence-corrected chi connectivity index (χ0v) is 16.8. The lowest BCUT2D eigenvalue weighted by Crippen LogP contribution is -2.42. The maximum atomic E-state index is 5.42. The average molecular weight is 377 g/mol. The van der Waals surface area contributed by atoms with E-state index in [1.807, 2.05) is 12.1 Å². The highest BCUT2D eigenvalue weighted by Crippen LogP contribution is 2.43. The Balaban J connectivity index is 1.42. The Morgan fingerprint density at radius 3 is 2.70 bits per heavy atom.